The van der Waals surface area contributed by atoms with E-state index in [-0.39, 0.29) is 12.1 Å². The lowest BCUT2D eigenvalue weighted by Crippen LogP contribution is -2.38. The quantitative estimate of drug-likeness (QED) is 0.737. The zero-order valence-corrected chi connectivity index (χ0v) is 11.0. The Balaban J connectivity index is 1.77. The Morgan fingerprint density at radius 1 is 1.18 bits per heavy atom. The first-order valence-electron chi connectivity index (χ1n) is 6.58. The highest BCUT2D eigenvalue weighted by atomic mass is 16.6. The van der Waals surface area contributed by atoms with Gasteiger partial charge in [-0.05, 0) is 58.3 Å². The Hall–Kier alpha value is -0.770. The van der Waals surface area contributed by atoms with Crippen LogP contribution in [-0.4, -0.2) is 23.8 Å². The Labute approximate surface area is 103 Å². The normalized spacial score (nSPS) is 36.7. The van der Waals surface area contributed by atoms with Gasteiger partial charge in [-0.15, -0.1) is 0 Å². The molecule has 0 radical (unpaired) electrons. The maximum absolute atomic E-state index is 11.6. The van der Waals surface area contributed by atoms with Crippen LogP contribution in [0.25, 0.3) is 0 Å². The molecule has 4 heteroatoms. The monoisotopic (exact) mass is 240 g/mol. The van der Waals surface area contributed by atoms with Gasteiger partial charge < -0.3 is 15.8 Å². The summed E-state index contributed by atoms with van der Waals surface area (Å²) in [5.41, 5.74) is 5.53. The largest absolute Gasteiger partial charge is 0.444 e. The first kappa shape index (κ1) is 12.7. The van der Waals surface area contributed by atoms with Crippen LogP contribution in [0.5, 0.6) is 0 Å². The van der Waals surface area contributed by atoms with Crippen molar-refractivity contribution in [3.05, 3.63) is 0 Å². The molecule has 2 atom stereocenters. The Morgan fingerprint density at radius 2 is 1.71 bits per heavy atom. The average molecular weight is 240 g/mol. The Morgan fingerprint density at radius 3 is 2.18 bits per heavy atom. The van der Waals surface area contributed by atoms with Crippen LogP contribution in [0.3, 0.4) is 0 Å². The van der Waals surface area contributed by atoms with E-state index >= 15 is 0 Å². The first-order valence-corrected chi connectivity index (χ1v) is 6.58. The van der Waals surface area contributed by atoms with Gasteiger partial charge in [-0.25, -0.2) is 4.79 Å². The summed E-state index contributed by atoms with van der Waals surface area (Å²) in [6.45, 7) is 5.65. The second-order valence-corrected chi connectivity index (χ2v) is 6.57. The van der Waals surface area contributed by atoms with E-state index in [0.29, 0.717) is 17.9 Å². The number of nitrogens with two attached hydrogens (primary N) is 1. The van der Waals surface area contributed by atoms with Crippen molar-refractivity contribution in [3.63, 3.8) is 0 Å². The molecule has 2 rings (SSSR count). The molecule has 0 saturated heterocycles. The molecule has 0 aliphatic heterocycles. The fourth-order valence-electron chi connectivity index (χ4n) is 3.26. The number of amides is 1. The summed E-state index contributed by atoms with van der Waals surface area (Å²) in [5.74, 6) is 1.43. The topological polar surface area (TPSA) is 64.3 Å². The van der Waals surface area contributed by atoms with Gasteiger partial charge in [0.1, 0.15) is 5.60 Å². The molecule has 1 amide bonds. The van der Waals surface area contributed by atoms with Crippen LogP contribution in [0.1, 0.15) is 46.5 Å². The molecular weight excluding hydrogens is 216 g/mol. The van der Waals surface area contributed by atoms with Crippen LogP contribution in [0.2, 0.25) is 0 Å². The predicted molar refractivity (Wildman–Crippen MR) is 66.6 cm³/mol. The summed E-state index contributed by atoms with van der Waals surface area (Å²) in [4.78, 5) is 11.6. The molecule has 0 spiro atoms. The van der Waals surface area contributed by atoms with E-state index in [9.17, 15) is 4.79 Å². The van der Waals surface area contributed by atoms with E-state index in [2.05, 4.69) is 5.32 Å². The van der Waals surface area contributed by atoms with Crippen molar-refractivity contribution >= 4 is 6.09 Å². The van der Waals surface area contributed by atoms with Crippen LogP contribution in [0.15, 0.2) is 0 Å². The Bertz CT molecular complexity index is 284. The zero-order valence-electron chi connectivity index (χ0n) is 11.0. The molecule has 4 nitrogen and oxygen atoms in total. The van der Waals surface area contributed by atoms with Crippen molar-refractivity contribution in [2.24, 2.45) is 17.6 Å². The van der Waals surface area contributed by atoms with E-state index < -0.39 is 5.60 Å². The highest BCUT2D eigenvalue weighted by Gasteiger charge is 2.41. The lowest BCUT2D eigenvalue weighted by Gasteiger charge is -2.22. The van der Waals surface area contributed by atoms with Gasteiger partial charge in [0.2, 0.25) is 0 Å². The first-order chi connectivity index (χ1) is 7.83. The number of hydrogen-bond acceptors (Lipinski definition) is 3. The minimum atomic E-state index is -0.416. The van der Waals surface area contributed by atoms with E-state index in [1.165, 1.54) is 0 Å². The smallest absolute Gasteiger partial charge is 0.407 e. The van der Waals surface area contributed by atoms with Crippen LogP contribution in [-0.2, 0) is 4.74 Å². The van der Waals surface area contributed by atoms with Gasteiger partial charge in [-0.2, -0.15) is 0 Å². The van der Waals surface area contributed by atoms with E-state index in [0.717, 1.165) is 25.7 Å². The standard InChI is InChI=1S/C13H24N2O2/c1-13(2,3)17-12(16)15-11-6-8-4-10(14)5-9(8)7-11/h8-11H,4-7,14H2,1-3H3,(H,15,16). The van der Waals surface area contributed by atoms with Crippen molar-refractivity contribution in [2.45, 2.75) is 64.1 Å². The average Bonchev–Trinajstić information content (AvgIpc) is 2.56. The van der Waals surface area contributed by atoms with Crippen molar-refractivity contribution in [1.82, 2.24) is 5.32 Å². The molecule has 98 valence electrons. The summed E-state index contributed by atoms with van der Waals surface area (Å²) in [6, 6.07) is 0.667. The summed E-state index contributed by atoms with van der Waals surface area (Å²) < 4.78 is 5.27. The molecule has 3 N–H and O–H groups in total. The fourth-order valence-corrected chi connectivity index (χ4v) is 3.26. The number of alkyl carbamates (subject to hydrolysis) is 1. The van der Waals surface area contributed by atoms with Gasteiger partial charge in [0.05, 0.1) is 0 Å². The van der Waals surface area contributed by atoms with Gasteiger partial charge >= 0.3 is 6.09 Å². The van der Waals surface area contributed by atoms with Gasteiger partial charge in [0.25, 0.3) is 0 Å². The lowest BCUT2D eigenvalue weighted by atomic mass is 10.0. The number of hydrogen-bond donors (Lipinski definition) is 2. The maximum atomic E-state index is 11.6. The SMILES string of the molecule is CC(C)(C)OC(=O)NC1CC2CC(N)CC2C1. The van der Waals surface area contributed by atoms with E-state index in [1.807, 2.05) is 20.8 Å². The number of rotatable bonds is 1. The Kier molecular flexibility index (Phi) is 3.34. The van der Waals surface area contributed by atoms with Gasteiger partial charge in [-0.1, -0.05) is 0 Å². The number of nitrogens with one attached hydrogen (secondary N) is 1. The summed E-state index contributed by atoms with van der Waals surface area (Å²) in [7, 11) is 0. The molecule has 0 aromatic heterocycles. The van der Waals surface area contributed by atoms with Gasteiger partial charge in [0.15, 0.2) is 0 Å². The number of ether oxygens (including phenoxy) is 1. The van der Waals surface area contributed by atoms with Gasteiger partial charge in [-0.3, -0.25) is 0 Å². The van der Waals surface area contributed by atoms with Crippen molar-refractivity contribution in [2.75, 3.05) is 0 Å². The maximum Gasteiger partial charge on any atom is 0.407 e. The molecular formula is C13H24N2O2. The number of carbonyl (C=O) groups excluding carboxylic acids is 1. The predicted octanol–water partition coefficient (Wildman–Crippen LogP) is 2.03. The third-order valence-electron chi connectivity index (χ3n) is 3.77. The second kappa shape index (κ2) is 4.48. The zero-order chi connectivity index (χ0) is 12.6. The molecule has 2 fully saturated rings. The van der Waals surface area contributed by atoms with Gasteiger partial charge in [0, 0.05) is 12.1 Å². The highest BCUT2D eigenvalue weighted by molar-refractivity contribution is 5.68. The second-order valence-electron chi connectivity index (χ2n) is 6.57. The van der Waals surface area contributed by atoms with E-state index in [4.69, 9.17) is 10.5 Å². The molecule has 0 aromatic rings. The molecule has 2 unspecified atom stereocenters. The summed E-state index contributed by atoms with van der Waals surface area (Å²) in [5, 5.41) is 2.98. The van der Waals surface area contributed by atoms with Crippen LogP contribution in [0.4, 0.5) is 4.79 Å². The number of carbonyl (C=O) groups is 1. The molecule has 17 heavy (non-hydrogen) atoms. The summed E-state index contributed by atoms with van der Waals surface area (Å²) in [6.07, 6.45) is 4.09. The highest BCUT2D eigenvalue weighted by Crippen LogP contribution is 2.43. The van der Waals surface area contributed by atoms with Crippen molar-refractivity contribution in [1.29, 1.82) is 0 Å². The molecule has 2 aliphatic rings. The minimum Gasteiger partial charge on any atom is -0.444 e. The summed E-state index contributed by atoms with van der Waals surface area (Å²) >= 11 is 0. The molecule has 0 bridgehead atoms. The third kappa shape index (κ3) is 3.35. The molecule has 2 aliphatic carbocycles. The van der Waals surface area contributed by atoms with Crippen LogP contribution >= 0.6 is 0 Å². The molecule has 0 heterocycles. The molecule has 0 aromatic carbocycles. The number of fused-ring (bicyclic) bond motifs is 1. The van der Waals surface area contributed by atoms with Crippen LogP contribution in [0, 0.1) is 11.8 Å². The molecule has 2 saturated carbocycles. The van der Waals surface area contributed by atoms with Crippen molar-refractivity contribution < 1.29 is 9.53 Å². The van der Waals surface area contributed by atoms with Crippen LogP contribution < -0.4 is 11.1 Å². The van der Waals surface area contributed by atoms with Crippen molar-refractivity contribution in [3.8, 4) is 0 Å². The third-order valence-corrected chi connectivity index (χ3v) is 3.77. The fraction of sp³-hybridized carbons (Fsp3) is 0.923. The minimum absolute atomic E-state index is 0.285. The van der Waals surface area contributed by atoms with E-state index in [1.54, 1.807) is 0 Å². The lowest BCUT2D eigenvalue weighted by molar-refractivity contribution is 0.0503.